The topological polar surface area (TPSA) is 117 Å². The van der Waals surface area contributed by atoms with Crippen molar-refractivity contribution in [2.75, 3.05) is 20.3 Å². The van der Waals surface area contributed by atoms with E-state index < -0.39 is 23.8 Å². The van der Waals surface area contributed by atoms with Gasteiger partial charge >= 0.3 is 5.97 Å². The van der Waals surface area contributed by atoms with E-state index in [-0.39, 0.29) is 6.42 Å². The first kappa shape index (κ1) is 18.6. The van der Waals surface area contributed by atoms with E-state index in [1.54, 1.807) is 24.3 Å². The number of carbonyl (C=O) groups is 3. The SMILES string of the molecule is COCCNC(CC(=O)NNC(=O)c1ccc(C)cc1)C(=O)O. The third kappa shape index (κ3) is 6.90. The number of methoxy groups -OCH3 is 1. The summed E-state index contributed by atoms with van der Waals surface area (Å²) < 4.78 is 4.80. The van der Waals surface area contributed by atoms with Crippen LogP contribution in [0.4, 0.5) is 0 Å². The standard InChI is InChI=1S/C15H21N3O5/c1-10-3-5-11(6-4-10)14(20)18-17-13(19)9-12(15(21)22)16-7-8-23-2/h3-6,12,16H,7-9H2,1-2H3,(H,17,19)(H,18,20)(H,21,22). The number of benzene rings is 1. The van der Waals surface area contributed by atoms with Crippen LogP contribution in [-0.4, -0.2) is 49.2 Å². The molecule has 0 heterocycles. The van der Waals surface area contributed by atoms with E-state index in [9.17, 15) is 14.4 Å². The summed E-state index contributed by atoms with van der Waals surface area (Å²) >= 11 is 0. The summed E-state index contributed by atoms with van der Waals surface area (Å²) in [5.41, 5.74) is 5.85. The molecule has 8 heteroatoms. The Morgan fingerprint density at radius 2 is 1.83 bits per heavy atom. The molecule has 0 aliphatic heterocycles. The third-order valence-corrected chi connectivity index (χ3v) is 3.01. The quantitative estimate of drug-likeness (QED) is 0.390. The van der Waals surface area contributed by atoms with E-state index in [1.807, 2.05) is 6.92 Å². The average molecular weight is 323 g/mol. The van der Waals surface area contributed by atoms with Crippen molar-refractivity contribution in [2.45, 2.75) is 19.4 Å². The summed E-state index contributed by atoms with van der Waals surface area (Å²) in [5.74, 6) is -2.23. The number of carboxylic acids is 1. The molecule has 0 aliphatic carbocycles. The Labute approximate surface area is 134 Å². The van der Waals surface area contributed by atoms with E-state index in [0.717, 1.165) is 5.56 Å². The lowest BCUT2D eigenvalue weighted by Crippen LogP contribution is -2.47. The molecule has 0 aliphatic rings. The van der Waals surface area contributed by atoms with E-state index in [2.05, 4.69) is 16.2 Å². The lowest BCUT2D eigenvalue weighted by Gasteiger charge is -2.14. The average Bonchev–Trinajstić information content (AvgIpc) is 2.52. The Balaban J connectivity index is 2.43. The predicted molar refractivity (Wildman–Crippen MR) is 82.7 cm³/mol. The highest BCUT2D eigenvalue weighted by molar-refractivity contribution is 5.95. The van der Waals surface area contributed by atoms with Crippen molar-refractivity contribution in [1.29, 1.82) is 0 Å². The molecule has 0 bridgehead atoms. The van der Waals surface area contributed by atoms with Crippen molar-refractivity contribution in [3.8, 4) is 0 Å². The fraction of sp³-hybridized carbons (Fsp3) is 0.400. The first-order valence-electron chi connectivity index (χ1n) is 7.05. The lowest BCUT2D eigenvalue weighted by molar-refractivity contribution is -0.141. The van der Waals surface area contributed by atoms with E-state index in [1.165, 1.54) is 7.11 Å². The molecule has 1 unspecified atom stereocenters. The summed E-state index contributed by atoms with van der Waals surface area (Å²) in [7, 11) is 1.49. The third-order valence-electron chi connectivity index (χ3n) is 3.01. The molecule has 0 spiro atoms. The fourth-order valence-electron chi connectivity index (χ4n) is 1.72. The van der Waals surface area contributed by atoms with Crippen LogP contribution >= 0.6 is 0 Å². The summed E-state index contributed by atoms with van der Waals surface area (Å²) in [6, 6.07) is 5.75. The molecule has 126 valence electrons. The molecule has 0 fully saturated rings. The maximum absolute atomic E-state index is 11.8. The number of carbonyl (C=O) groups excluding carboxylic acids is 2. The van der Waals surface area contributed by atoms with Crippen LogP contribution in [0.3, 0.4) is 0 Å². The second kappa shape index (κ2) is 9.54. The first-order chi connectivity index (χ1) is 10.9. The summed E-state index contributed by atoms with van der Waals surface area (Å²) in [4.78, 5) is 34.6. The number of hydrogen-bond acceptors (Lipinski definition) is 5. The highest BCUT2D eigenvalue weighted by Crippen LogP contribution is 2.02. The number of aliphatic carboxylic acids is 1. The zero-order valence-electron chi connectivity index (χ0n) is 13.1. The molecule has 8 nitrogen and oxygen atoms in total. The summed E-state index contributed by atoms with van der Waals surface area (Å²) in [5, 5.41) is 11.7. The second-order valence-corrected chi connectivity index (χ2v) is 4.91. The van der Waals surface area contributed by atoms with Gasteiger partial charge in [-0.15, -0.1) is 0 Å². The smallest absolute Gasteiger partial charge is 0.321 e. The van der Waals surface area contributed by atoms with Gasteiger partial charge < -0.3 is 15.2 Å². The number of ether oxygens (including phenoxy) is 1. The minimum Gasteiger partial charge on any atom is -0.480 e. The zero-order chi connectivity index (χ0) is 17.2. The van der Waals surface area contributed by atoms with Gasteiger partial charge in [0.25, 0.3) is 5.91 Å². The summed E-state index contributed by atoms with van der Waals surface area (Å²) in [6.45, 7) is 2.53. The van der Waals surface area contributed by atoms with Gasteiger partial charge in [0, 0.05) is 19.2 Å². The largest absolute Gasteiger partial charge is 0.480 e. The monoisotopic (exact) mass is 323 g/mol. The number of aryl methyl sites for hydroxylation is 1. The molecule has 0 aromatic heterocycles. The van der Waals surface area contributed by atoms with E-state index in [4.69, 9.17) is 9.84 Å². The van der Waals surface area contributed by atoms with Crippen LogP contribution in [0.5, 0.6) is 0 Å². The van der Waals surface area contributed by atoms with Crippen molar-refractivity contribution < 1.29 is 24.2 Å². The molecule has 23 heavy (non-hydrogen) atoms. The highest BCUT2D eigenvalue weighted by Gasteiger charge is 2.20. The van der Waals surface area contributed by atoms with Crippen molar-refractivity contribution in [3.05, 3.63) is 35.4 Å². The number of hydrogen-bond donors (Lipinski definition) is 4. The molecular weight excluding hydrogens is 302 g/mol. The van der Waals surface area contributed by atoms with Gasteiger partial charge in [-0.25, -0.2) is 0 Å². The highest BCUT2D eigenvalue weighted by atomic mass is 16.5. The molecule has 1 rings (SSSR count). The van der Waals surface area contributed by atoms with Gasteiger partial charge in [-0.3, -0.25) is 25.2 Å². The number of carboxylic acid groups (broad SMARTS) is 1. The van der Waals surface area contributed by atoms with E-state index in [0.29, 0.717) is 18.7 Å². The van der Waals surface area contributed by atoms with Crippen molar-refractivity contribution in [1.82, 2.24) is 16.2 Å². The van der Waals surface area contributed by atoms with Crippen LogP contribution in [0.2, 0.25) is 0 Å². The Bertz CT molecular complexity index is 545. The molecule has 1 atom stereocenters. The van der Waals surface area contributed by atoms with Crippen molar-refractivity contribution in [3.63, 3.8) is 0 Å². The number of hydrazine groups is 1. The van der Waals surface area contributed by atoms with Gasteiger partial charge in [-0.2, -0.15) is 0 Å². The number of amides is 2. The second-order valence-electron chi connectivity index (χ2n) is 4.91. The van der Waals surface area contributed by atoms with Gasteiger partial charge in [-0.05, 0) is 19.1 Å². The van der Waals surface area contributed by atoms with Crippen LogP contribution in [0, 0.1) is 6.92 Å². The Kier molecular flexibility index (Phi) is 7.72. The first-order valence-corrected chi connectivity index (χ1v) is 7.05. The molecule has 0 saturated heterocycles. The van der Waals surface area contributed by atoms with Crippen LogP contribution in [0.25, 0.3) is 0 Å². The molecule has 2 amide bonds. The molecule has 0 saturated carbocycles. The normalized spacial score (nSPS) is 11.6. The molecular formula is C15H21N3O5. The predicted octanol–water partition coefficient (Wildman–Crippen LogP) is -0.165. The Hall–Kier alpha value is -2.45. The van der Waals surface area contributed by atoms with Crippen LogP contribution in [-0.2, 0) is 14.3 Å². The Morgan fingerprint density at radius 1 is 1.17 bits per heavy atom. The maximum atomic E-state index is 11.8. The van der Waals surface area contributed by atoms with Gasteiger partial charge in [0.1, 0.15) is 6.04 Å². The molecule has 4 N–H and O–H groups in total. The fourth-order valence-corrected chi connectivity index (χ4v) is 1.72. The minimum atomic E-state index is -1.15. The minimum absolute atomic E-state index is 0.302. The van der Waals surface area contributed by atoms with E-state index >= 15 is 0 Å². The lowest BCUT2D eigenvalue weighted by atomic mass is 10.1. The van der Waals surface area contributed by atoms with Crippen LogP contribution < -0.4 is 16.2 Å². The van der Waals surface area contributed by atoms with Crippen molar-refractivity contribution >= 4 is 17.8 Å². The summed E-state index contributed by atoms with van der Waals surface area (Å²) in [6.07, 6.45) is -0.312. The van der Waals surface area contributed by atoms with Gasteiger partial charge in [0.15, 0.2) is 0 Å². The van der Waals surface area contributed by atoms with Gasteiger partial charge in [0.05, 0.1) is 13.0 Å². The van der Waals surface area contributed by atoms with Gasteiger partial charge in [-0.1, -0.05) is 17.7 Å². The Morgan fingerprint density at radius 3 is 2.39 bits per heavy atom. The molecule has 0 radical (unpaired) electrons. The van der Waals surface area contributed by atoms with Crippen LogP contribution in [0.15, 0.2) is 24.3 Å². The van der Waals surface area contributed by atoms with Crippen LogP contribution in [0.1, 0.15) is 22.3 Å². The maximum Gasteiger partial charge on any atom is 0.321 e. The zero-order valence-corrected chi connectivity index (χ0v) is 13.1. The van der Waals surface area contributed by atoms with Crippen molar-refractivity contribution in [2.24, 2.45) is 0 Å². The number of rotatable bonds is 8. The van der Waals surface area contributed by atoms with Gasteiger partial charge in [0.2, 0.25) is 5.91 Å². The molecule has 1 aromatic rings. The molecule has 1 aromatic carbocycles. The number of nitrogens with one attached hydrogen (secondary N) is 3.